The molecule has 3 nitrogen and oxygen atoms in total. The highest BCUT2D eigenvalue weighted by atomic mass is 16.2. The lowest BCUT2D eigenvalue weighted by Gasteiger charge is -2.40. The van der Waals surface area contributed by atoms with Crippen LogP contribution in [-0.2, 0) is 0 Å². The van der Waals surface area contributed by atoms with E-state index in [-0.39, 0.29) is 11.9 Å². The summed E-state index contributed by atoms with van der Waals surface area (Å²) in [5, 5.41) is 0. The highest BCUT2D eigenvalue weighted by Gasteiger charge is 2.47. The van der Waals surface area contributed by atoms with Gasteiger partial charge in [-0.2, -0.15) is 0 Å². The smallest absolute Gasteiger partial charge is 0.258 e. The van der Waals surface area contributed by atoms with E-state index in [9.17, 15) is 4.79 Å². The van der Waals surface area contributed by atoms with Gasteiger partial charge in [-0.05, 0) is 73.7 Å². The molecular formula is C29H30N2O. The van der Waals surface area contributed by atoms with E-state index in [2.05, 4.69) is 58.3 Å². The van der Waals surface area contributed by atoms with Crippen LogP contribution in [0.4, 0.5) is 5.69 Å². The zero-order chi connectivity index (χ0) is 21.5. The minimum Gasteiger partial charge on any atom is -0.300 e. The van der Waals surface area contributed by atoms with Gasteiger partial charge in [-0.3, -0.25) is 14.6 Å². The van der Waals surface area contributed by atoms with Crippen LogP contribution in [0.25, 0.3) is 0 Å². The van der Waals surface area contributed by atoms with Crippen LogP contribution in [0.15, 0.2) is 78.9 Å². The Morgan fingerprint density at radius 3 is 2.22 bits per heavy atom. The Morgan fingerprint density at radius 1 is 0.750 bits per heavy atom. The van der Waals surface area contributed by atoms with Crippen LogP contribution in [0.3, 0.4) is 0 Å². The number of carbonyl (C=O) groups is 1. The fourth-order valence-electron chi connectivity index (χ4n) is 6.35. The zero-order valence-corrected chi connectivity index (χ0v) is 18.5. The quantitative estimate of drug-likeness (QED) is 0.481. The van der Waals surface area contributed by atoms with Gasteiger partial charge in [0.15, 0.2) is 0 Å². The Morgan fingerprint density at radius 2 is 1.47 bits per heavy atom. The monoisotopic (exact) mass is 422 g/mol. The molecule has 0 saturated carbocycles. The van der Waals surface area contributed by atoms with Crippen LogP contribution in [0.2, 0.25) is 0 Å². The molecule has 0 bridgehead atoms. The summed E-state index contributed by atoms with van der Waals surface area (Å²) in [7, 11) is 0. The van der Waals surface area contributed by atoms with E-state index in [0.29, 0.717) is 12.0 Å². The van der Waals surface area contributed by atoms with Gasteiger partial charge in [0.25, 0.3) is 5.91 Å². The molecule has 0 spiro atoms. The number of rotatable bonds is 3. The summed E-state index contributed by atoms with van der Waals surface area (Å²) < 4.78 is 0. The average Bonchev–Trinajstić information content (AvgIpc) is 3.21. The molecule has 1 aliphatic carbocycles. The molecule has 0 radical (unpaired) electrons. The first-order valence-electron chi connectivity index (χ1n) is 12.1. The van der Waals surface area contributed by atoms with E-state index in [1.165, 1.54) is 55.5 Å². The first kappa shape index (κ1) is 19.8. The summed E-state index contributed by atoms with van der Waals surface area (Å²) in [6, 6.07) is 27.7. The van der Waals surface area contributed by atoms with Crippen molar-refractivity contribution < 1.29 is 4.79 Å². The largest absolute Gasteiger partial charge is 0.300 e. The van der Waals surface area contributed by atoms with Crippen molar-refractivity contribution in [2.24, 2.45) is 0 Å². The summed E-state index contributed by atoms with van der Waals surface area (Å²) in [6.07, 6.45) is 6.27. The lowest BCUT2D eigenvalue weighted by molar-refractivity contribution is 0.0974. The molecular weight excluding hydrogens is 392 g/mol. The van der Waals surface area contributed by atoms with Crippen molar-refractivity contribution in [2.75, 3.05) is 18.0 Å². The van der Waals surface area contributed by atoms with Crippen LogP contribution in [0, 0.1) is 0 Å². The standard InChI is InChI=1S/C29H30N2O/c32-29(22-13-6-2-7-14-22)31-26-16-10-15-23-25(30-19-8-3-9-20-30)18-17-24(27(23)26)28(31)21-11-4-1-5-12-21/h1-2,4-7,10-16,24-25,28H,3,8-9,17-20H2. The van der Waals surface area contributed by atoms with E-state index in [1.54, 1.807) is 0 Å². The van der Waals surface area contributed by atoms with Crippen LogP contribution in [0.5, 0.6) is 0 Å². The summed E-state index contributed by atoms with van der Waals surface area (Å²) in [6.45, 7) is 2.40. The second kappa shape index (κ2) is 8.22. The van der Waals surface area contributed by atoms with Gasteiger partial charge in [0.2, 0.25) is 0 Å². The van der Waals surface area contributed by atoms with E-state index < -0.39 is 0 Å². The summed E-state index contributed by atoms with van der Waals surface area (Å²) in [5.41, 5.74) is 6.01. The highest BCUT2D eigenvalue weighted by Crippen LogP contribution is 2.57. The minimum atomic E-state index is 0.0577. The number of benzene rings is 3. The third kappa shape index (κ3) is 3.18. The molecule has 0 aromatic heterocycles. The maximum absolute atomic E-state index is 13.9. The number of carbonyl (C=O) groups excluding carboxylic acids is 1. The van der Waals surface area contributed by atoms with Crippen molar-refractivity contribution in [3.05, 3.63) is 101 Å². The number of piperidine rings is 1. The molecule has 162 valence electrons. The number of hydrogen-bond donors (Lipinski definition) is 0. The van der Waals surface area contributed by atoms with Crippen molar-refractivity contribution in [1.29, 1.82) is 0 Å². The van der Waals surface area contributed by atoms with Gasteiger partial charge >= 0.3 is 0 Å². The summed E-state index contributed by atoms with van der Waals surface area (Å²) >= 11 is 0. The molecule has 1 fully saturated rings. The highest BCUT2D eigenvalue weighted by molar-refractivity contribution is 6.08. The summed E-state index contributed by atoms with van der Waals surface area (Å²) in [5.74, 6) is 0.467. The topological polar surface area (TPSA) is 23.6 Å². The fourth-order valence-corrected chi connectivity index (χ4v) is 6.35. The third-order valence-electron chi connectivity index (χ3n) is 7.73. The Hall–Kier alpha value is -2.91. The fraction of sp³-hybridized carbons (Fsp3) is 0.345. The molecule has 3 aliphatic rings. The molecule has 32 heavy (non-hydrogen) atoms. The lowest BCUT2D eigenvalue weighted by atomic mass is 9.76. The van der Waals surface area contributed by atoms with Crippen LogP contribution in [0.1, 0.15) is 77.2 Å². The van der Waals surface area contributed by atoms with Gasteiger partial charge in [0, 0.05) is 23.2 Å². The first-order chi connectivity index (χ1) is 15.8. The van der Waals surface area contributed by atoms with Crippen LogP contribution in [-0.4, -0.2) is 23.9 Å². The Bertz CT molecular complexity index is 1100. The Balaban J connectivity index is 1.48. The van der Waals surface area contributed by atoms with Crippen molar-refractivity contribution in [3.8, 4) is 0 Å². The van der Waals surface area contributed by atoms with E-state index in [0.717, 1.165) is 17.7 Å². The maximum atomic E-state index is 13.9. The Kier molecular flexibility index (Phi) is 5.07. The molecule has 6 rings (SSSR count). The SMILES string of the molecule is O=C(c1ccccc1)N1c2cccc3c2C(CCC3N2CCCCC2)C1c1ccccc1. The van der Waals surface area contributed by atoms with Gasteiger partial charge < -0.3 is 0 Å². The number of likely N-dealkylation sites (tertiary alicyclic amines) is 1. The lowest BCUT2D eigenvalue weighted by Crippen LogP contribution is -2.36. The van der Waals surface area contributed by atoms with Gasteiger partial charge in [0.05, 0.1) is 6.04 Å². The normalized spacial score (nSPS) is 24.9. The average molecular weight is 423 g/mol. The van der Waals surface area contributed by atoms with Gasteiger partial charge in [-0.1, -0.05) is 67.1 Å². The van der Waals surface area contributed by atoms with Crippen molar-refractivity contribution in [2.45, 2.75) is 50.1 Å². The number of hydrogen-bond acceptors (Lipinski definition) is 2. The molecule has 3 heteroatoms. The van der Waals surface area contributed by atoms with Crippen molar-refractivity contribution in [3.63, 3.8) is 0 Å². The second-order valence-electron chi connectivity index (χ2n) is 9.47. The minimum absolute atomic E-state index is 0.0577. The zero-order valence-electron chi connectivity index (χ0n) is 18.5. The summed E-state index contributed by atoms with van der Waals surface area (Å²) in [4.78, 5) is 18.7. The van der Waals surface area contributed by atoms with Crippen molar-refractivity contribution in [1.82, 2.24) is 4.90 Å². The van der Waals surface area contributed by atoms with Gasteiger partial charge in [0.1, 0.15) is 0 Å². The Labute approximate surface area is 190 Å². The predicted molar refractivity (Wildman–Crippen MR) is 129 cm³/mol. The molecule has 3 aromatic carbocycles. The maximum Gasteiger partial charge on any atom is 0.258 e. The molecule has 3 unspecified atom stereocenters. The number of amides is 1. The molecule has 2 heterocycles. The number of anilines is 1. The van der Waals surface area contributed by atoms with E-state index >= 15 is 0 Å². The van der Waals surface area contributed by atoms with E-state index in [1.807, 2.05) is 30.3 Å². The molecule has 3 aromatic rings. The predicted octanol–water partition coefficient (Wildman–Crippen LogP) is 6.49. The van der Waals surface area contributed by atoms with Crippen LogP contribution < -0.4 is 4.90 Å². The molecule has 1 amide bonds. The third-order valence-corrected chi connectivity index (χ3v) is 7.73. The second-order valence-corrected chi connectivity index (χ2v) is 9.47. The van der Waals surface area contributed by atoms with E-state index in [4.69, 9.17) is 0 Å². The van der Waals surface area contributed by atoms with Crippen molar-refractivity contribution >= 4 is 11.6 Å². The molecule has 3 atom stereocenters. The van der Waals surface area contributed by atoms with Gasteiger partial charge in [-0.25, -0.2) is 0 Å². The molecule has 0 N–H and O–H groups in total. The number of nitrogens with zero attached hydrogens (tertiary/aromatic N) is 2. The first-order valence-corrected chi connectivity index (χ1v) is 12.1. The molecule has 2 aliphatic heterocycles. The molecule has 1 saturated heterocycles. The van der Waals surface area contributed by atoms with Crippen LogP contribution >= 0.6 is 0 Å². The van der Waals surface area contributed by atoms with Gasteiger partial charge in [-0.15, -0.1) is 0 Å².